The molecule has 0 amide bonds. The smallest absolute Gasteiger partial charge is 0.213 e. The lowest BCUT2D eigenvalue weighted by atomic mass is 10.1. The summed E-state index contributed by atoms with van der Waals surface area (Å²) in [6.07, 6.45) is 3.60. The topological polar surface area (TPSA) is 66.7 Å². The molecule has 0 saturated heterocycles. The molecule has 0 radical (unpaired) electrons. The van der Waals surface area contributed by atoms with Crippen LogP contribution in [0.2, 0.25) is 0 Å². The van der Waals surface area contributed by atoms with Gasteiger partial charge in [0.2, 0.25) is 5.88 Å². The van der Waals surface area contributed by atoms with Gasteiger partial charge in [-0.15, -0.1) is 0 Å². The quantitative estimate of drug-likeness (QED) is 0.481. The van der Waals surface area contributed by atoms with E-state index in [2.05, 4.69) is 41.2 Å². The SMILES string of the molecule is Cc1ccc(CCOc2ccc(N=CNO)cn2)cc1. The molecule has 5 nitrogen and oxygen atoms in total. The lowest BCUT2D eigenvalue weighted by molar-refractivity contribution is 0.240. The van der Waals surface area contributed by atoms with Crippen molar-refractivity contribution in [3.05, 3.63) is 53.7 Å². The fourth-order valence-electron chi connectivity index (χ4n) is 1.67. The van der Waals surface area contributed by atoms with E-state index in [-0.39, 0.29) is 0 Å². The summed E-state index contributed by atoms with van der Waals surface area (Å²) in [4.78, 5) is 8.03. The molecule has 0 spiro atoms. The highest BCUT2D eigenvalue weighted by molar-refractivity contribution is 5.59. The van der Waals surface area contributed by atoms with Crippen LogP contribution >= 0.6 is 0 Å². The van der Waals surface area contributed by atoms with Gasteiger partial charge in [0.25, 0.3) is 0 Å². The largest absolute Gasteiger partial charge is 0.477 e. The third-order valence-corrected chi connectivity index (χ3v) is 2.75. The molecule has 20 heavy (non-hydrogen) atoms. The molecule has 0 saturated carbocycles. The Morgan fingerprint density at radius 2 is 2.05 bits per heavy atom. The second-order valence-corrected chi connectivity index (χ2v) is 4.33. The zero-order chi connectivity index (χ0) is 14.2. The molecule has 2 N–H and O–H groups in total. The average Bonchev–Trinajstić information content (AvgIpc) is 2.48. The zero-order valence-electron chi connectivity index (χ0n) is 11.3. The molecule has 1 aromatic carbocycles. The van der Waals surface area contributed by atoms with E-state index in [1.165, 1.54) is 17.5 Å². The molecule has 5 heteroatoms. The van der Waals surface area contributed by atoms with Crippen LogP contribution in [0.15, 0.2) is 47.6 Å². The standard InChI is InChI=1S/C15H17N3O2/c1-12-2-4-13(5-3-12)8-9-20-15-7-6-14(10-16-15)17-11-18-19/h2-7,10-11,19H,8-9H2,1H3,(H,17,18). The van der Waals surface area contributed by atoms with E-state index in [0.29, 0.717) is 18.2 Å². The maximum atomic E-state index is 8.38. The molecule has 0 atom stereocenters. The lowest BCUT2D eigenvalue weighted by Crippen LogP contribution is -2.02. The van der Waals surface area contributed by atoms with E-state index in [1.54, 1.807) is 18.3 Å². The third-order valence-electron chi connectivity index (χ3n) is 2.75. The molecule has 2 rings (SSSR count). The molecule has 0 unspecified atom stereocenters. The van der Waals surface area contributed by atoms with Crippen molar-refractivity contribution in [2.45, 2.75) is 13.3 Å². The van der Waals surface area contributed by atoms with Crippen LogP contribution in [0.4, 0.5) is 5.69 Å². The van der Waals surface area contributed by atoms with E-state index in [4.69, 9.17) is 9.94 Å². The fraction of sp³-hybridized carbons (Fsp3) is 0.200. The summed E-state index contributed by atoms with van der Waals surface area (Å²) in [6, 6.07) is 11.9. The first kappa shape index (κ1) is 14.0. The van der Waals surface area contributed by atoms with Crippen molar-refractivity contribution >= 4 is 12.0 Å². The fourth-order valence-corrected chi connectivity index (χ4v) is 1.67. The van der Waals surface area contributed by atoms with Gasteiger partial charge >= 0.3 is 0 Å². The predicted octanol–water partition coefficient (Wildman–Crippen LogP) is 2.65. The van der Waals surface area contributed by atoms with Gasteiger partial charge in [-0.05, 0) is 18.6 Å². The Kier molecular flexibility index (Phi) is 5.08. The number of pyridine rings is 1. The second-order valence-electron chi connectivity index (χ2n) is 4.33. The van der Waals surface area contributed by atoms with Crippen LogP contribution in [-0.4, -0.2) is 23.1 Å². The number of benzene rings is 1. The van der Waals surface area contributed by atoms with Crippen LogP contribution in [0.3, 0.4) is 0 Å². The Bertz CT molecular complexity index is 550. The van der Waals surface area contributed by atoms with E-state index in [1.807, 2.05) is 5.48 Å². The van der Waals surface area contributed by atoms with Crippen molar-refractivity contribution in [2.24, 2.45) is 4.99 Å². The summed E-state index contributed by atoms with van der Waals surface area (Å²) >= 11 is 0. The molecule has 0 aliphatic carbocycles. The maximum absolute atomic E-state index is 8.38. The van der Waals surface area contributed by atoms with Gasteiger partial charge in [-0.3, -0.25) is 10.7 Å². The van der Waals surface area contributed by atoms with Gasteiger partial charge in [0.1, 0.15) is 6.34 Å². The number of nitrogens with zero attached hydrogens (tertiary/aromatic N) is 2. The van der Waals surface area contributed by atoms with E-state index in [9.17, 15) is 0 Å². The van der Waals surface area contributed by atoms with Gasteiger partial charge in [-0.1, -0.05) is 29.8 Å². The van der Waals surface area contributed by atoms with E-state index in [0.717, 1.165) is 6.42 Å². The Balaban J connectivity index is 1.82. The van der Waals surface area contributed by atoms with Crippen LogP contribution in [-0.2, 0) is 6.42 Å². The number of hydroxylamine groups is 1. The number of nitrogens with one attached hydrogen (secondary N) is 1. The normalized spacial score (nSPS) is 10.7. The van der Waals surface area contributed by atoms with Crippen molar-refractivity contribution < 1.29 is 9.94 Å². The van der Waals surface area contributed by atoms with Crippen LogP contribution in [0.25, 0.3) is 0 Å². The minimum atomic E-state index is 0.563. The first-order valence-electron chi connectivity index (χ1n) is 6.34. The molecule has 104 valence electrons. The van der Waals surface area contributed by atoms with Gasteiger partial charge in [0.15, 0.2) is 0 Å². The van der Waals surface area contributed by atoms with Crippen molar-refractivity contribution in [1.29, 1.82) is 0 Å². The molecule has 1 aromatic heterocycles. The maximum Gasteiger partial charge on any atom is 0.213 e. The predicted molar refractivity (Wildman–Crippen MR) is 77.7 cm³/mol. The van der Waals surface area contributed by atoms with Crippen LogP contribution in [0.1, 0.15) is 11.1 Å². The Hall–Kier alpha value is -2.40. The number of hydrogen-bond acceptors (Lipinski definition) is 4. The highest BCUT2D eigenvalue weighted by Gasteiger charge is 1.97. The minimum Gasteiger partial charge on any atom is -0.477 e. The molecule has 2 aromatic rings. The van der Waals surface area contributed by atoms with Crippen LogP contribution < -0.4 is 10.2 Å². The summed E-state index contributed by atoms with van der Waals surface area (Å²) in [6.45, 7) is 2.65. The van der Waals surface area contributed by atoms with Crippen molar-refractivity contribution in [2.75, 3.05) is 6.61 Å². The summed E-state index contributed by atoms with van der Waals surface area (Å²) in [7, 11) is 0. The minimum absolute atomic E-state index is 0.563. The first-order chi connectivity index (χ1) is 9.78. The highest BCUT2D eigenvalue weighted by Crippen LogP contribution is 2.14. The summed E-state index contributed by atoms with van der Waals surface area (Å²) < 4.78 is 5.57. The van der Waals surface area contributed by atoms with Crippen LogP contribution in [0.5, 0.6) is 5.88 Å². The molecule has 0 aliphatic rings. The number of hydrogen-bond donors (Lipinski definition) is 2. The number of aromatic nitrogens is 1. The number of ether oxygens (including phenoxy) is 1. The Morgan fingerprint density at radius 3 is 2.70 bits per heavy atom. The number of aliphatic imine (C=N–C) groups is 1. The lowest BCUT2D eigenvalue weighted by Gasteiger charge is -2.05. The monoisotopic (exact) mass is 271 g/mol. The van der Waals surface area contributed by atoms with Crippen molar-refractivity contribution in [3.8, 4) is 5.88 Å². The Morgan fingerprint density at radius 1 is 1.25 bits per heavy atom. The van der Waals surface area contributed by atoms with Crippen molar-refractivity contribution in [1.82, 2.24) is 10.5 Å². The molecule has 0 aliphatic heterocycles. The highest BCUT2D eigenvalue weighted by atomic mass is 16.5. The first-order valence-corrected chi connectivity index (χ1v) is 6.34. The summed E-state index contributed by atoms with van der Waals surface area (Å²) in [5, 5.41) is 8.38. The van der Waals surface area contributed by atoms with Gasteiger partial charge in [-0.2, -0.15) is 0 Å². The molecule has 0 fully saturated rings. The van der Waals surface area contributed by atoms with Crippen molar-refractivity contribution in [3.63, 3.8) is 0 Å². The number of rotatable bonds is 6. The van der Waals surface area contributed by atoms with Gasteiger partial charge in [-0.25, -0.2) is 9.98 Å². The molecular formula is C15H17N3O2. The Labute approximate surface area is 117 Å². The van der Waals surface area contributed by atoms with E-state index < -0.39 is 0 Å². The molecular weight excluding hydrogens is 254 g/mol. The van der Waals surface area contributed by atoms with Gasteiger partial charge in [0.05, 0.1) is 18.5 Å². The molecule has 0 bridgehead atoms. The molecule has 1 heterocycles. The summed E-state index contributed by atoms with van der Waals surface area (Å²) in [5.74, 6) is 0.563. The van der Waals surface area contributed by atoms with Gasteiger partial charge in [0, 0.05) is 12.5 Å². The zero-order valence-corrected chi connectivity index (χ0v) is 11.3. The third kappa shape index (κ3) is 4.37. The van der Waals surface area contributed by atoms with Gasteiger partial charge < -0.3 is 4.74 Å². The average molecular weight is 271 g/mol. The van der Waals surface area contributed by atoms with Crippen LogP contribution in [0, 0.1) is 6.92 Å². The number of aryl methyl sites for hydroxylation is 1. The summed E-state index contributed by atoms with van der Waals surface area (Å²) in [5.41, 5.74) is 4.97. The van der Waals surface area contributed by atoms with E-state index >= 15 is 0 Å². The second kappa shape index (κ2) is 7.25.